The minimum atomic E-state index is -0.367. The topological polar surface area (TPSA) is 47.2 Å². The Bertz CT molecular complexity index is 636. The molecule has 1 heterocycles. The average Bonchev–Trinajstić information content (AvgIpc) is 2.49. The minimum Gasteiger partial charge on any atom is -0.462 e. The van der Waals surface area contributed by atoms with Crippen LogP contribution in [0.15, 0.2) is 48.8 Å². The van der Waals surface area contributed by atoms with Crippen LogP contribution >= 0.6 is 11.6 Å². The number of carbonyl (C=O) groups excluding carboxylic acids is 2. The van der Waals surface area contributed by atoms with Crippen LogP contribution in [0.25, 0.3) is 0 Å². The molecule has 1 aromatic heterocycles. The Labute approximate surface area is 127 Å². The van der Waals surface area contributed by atoms with E-state index in [0.29, 0.717) is 22.8 Å². The summed E-state index contributed by atoms with van der Waals surface area (Å²) in [5.41, 5.74) is 1.06. The van der Waals surface area contributed by atoms with Crippen LogP contribution < -0.4 is 4.57 Å². The van der Waals surface area contributed by atoms with Gasteiger partial charge in [0.2, 0.25) is 12.3 Å². The van der Waals surface area contributed by atoms with Crippen LogP contribution in [0.5, 0.6) is 0 Å². The number of halogens is 1. The maximum atomic E-state index is 12.1. The smallest absolute Gasteiger partial charge is 0.338 e. The van der Waals surface area contributed by atoms with E-state index in [-0.39, 0.29) is 18.3 Å². The van der Waals surface area contributed by atoms with Gasteiger partial charge in [0.1, 0.15) is 0 Å². The zero-order valence-electron chi connectivity index (χ0n) is 11.6. The number of Topliss-reactive ketones (excluding diaryl/α,β-unsaturated/α-hetero) is 1. The Balaban J connectivity index is 2.04. The first kappa shape index (κ1) is 15.2. The summed E-state index contributed by atoms with van der Waals surface area (Å²) in [6.45, 7) is 2.29. The summed E-state index contributed by atoms with van der Waals surface area (Å²) in [4.78, 5) is 23.6. The summed E-state index contributed by atoms with van der Waals surface area (Å²) in [7, 11) is 0. The normalized spacial score (nSPS) is 10.2. The number of aromatic nitrogens is 1. The van der Waals surface area contributed by atoms with Crippen molar-refractivity contribution in [1.82, 2.24) is 0 Å². The molecule has 0 N–H and O–H groups in total. The molecule has 21 heavy (non-hydrogen) atoms. The van der Waals surface area contributed by atoms with Crippen molar-refractivity contribution in [3.8, 4) is 0 Å². The number of esters is 1. The molecule has 0 spiro atoms. The number of hydrogen-bond donors (Lipinski definition) is 0. The molecule has 0 atom stereocenters. The molecule has 0 fully saturated rings. The van der Waals surface area contributed by atoms with Crippen LogP contribution in [0.3, 0.4) is 0 Å². The van der Waals surface area contributed by atoms with Crippen molar-refractivity contribution in [3.63, 3.8) is 0 Å². The van der Waals surface area contributed by atoms with Crippen molar-refractivity contribution >= 4 is 23.4 Å². The van der Waals surface area contributed by atoms with E-state index in [1.54, 1.807) is 60.3 Å². The lowest BCUT2D eigenvalue weighted by Crippen LogP contribution is -2.37. The third kappa shape index (κ3) is 4.13. The van der Waals surface area contributed by atoms with Crippen molar-refractivity contribution in [2.24, 2.45) is 0 Å². The molecular formula is C16H15ClNO3+. The lowest BCUT2D eigenvalue weighted by atomic mass is 10.1. The zero-order valence-corrected chi connectivity index (χ0v) is 12.3. The van der Waals surface area contributed by atoms with Gasteiger partial charge in [-0.2, -0.15) is 4.57 Å². The summed E-state index contributed by atoms with van der Waals surface area (Å²) in [5, 5.41) is 0.595. The maximum absolute atomic E-state index is 12.1. The van der Waals surface area contributed by atoms with Crippen LogP contribution in [-0.2, 0) is 11.3 Å². The lowest BCUT2D eigenvalue weighted by molar-refractivity contribution is -0.683. The summed E-state index contributed by atoms with van der Waals surface area (Å²) >= 11 is 5.79. The van der Waals surface area contributed by atoms with Gasteiger partial charge in [-0.15, -0.1) is 0 Å². The first-order valence-corrected chi connectivity index (χ1v) is 6.93. The Morgan fingerprint density at radius 2 is 1.67 bits per heavy atom. The van der Waals surface area contributed by atoms with Gasteiger partial charge >= 0.3 is 5.97 Å². The molecule has 0 saturated heterocycles. The molecule has 0 aliphatic rings. The van der Waals surface area contributed by atoms with Gasteiger partial charge in [0.15, 0.2) is 12.4 Å². The van der Waals surface area contributed by atoms with Crippen molar-refractivity contribution in [2.45, 2.75) is 13.5 Å². The maximum Gasteiger partial charge on any atom is 0.338 e. The quantitative estimate of drug-likeness (QED) is 0.485. The molecule has 0 amide bonds. The molecule has 5 heteroatoms. The van der Waals surface area contributed by atoms with E-state index < -0.39 is 0 Å². The SMILES string of the molecule is CCOC(=O)c1cc[n+](CC(=O)c2ccc(Cl)cc2)cc1. The number of rotatable bonds is 5. The highest BCUT2D eigenvalue weighted by Crippen LogP contribution is 2.10. The number of carbonyl (C=O) groups is 2. The molecule has 0 saturated carbocycles. The number of ketones is 1. The fourth-order valence-corrected chi connectivity index (χ4v) is 1.93. The molecule has 0 bridgehead atoms. The first-order chi connectivity index (χ1) is 10.1. The van der Waals surface area contributed by atoms with Crippen LogP contribution in [0.1, 0.15) is 27.6 Å². The van der Waals surface area contributed by atoms with Gasteiger partial charge in [0.05, 0.1) is 12.2 Å². The molecular weight excluding hydrogens is 290 g/mol. The molecule has 0 aliphatic heterocycles. The van der Waals surface area contributed by atoms with Crippen molar-refractivity contribution in [2.75, 3.05) is 6.61 Å². The second kappa shape index (κ2) is 6.99. The standard InChI is InChI=1S/C16H15ClNO3/c1-2-21-16(20)13-7-9-18(10-8-13)11-15(19)12-3-5-14(17)6-4-12/h3-10H,2,11H2,1H3/q+1. The van der Waals surface area contributed by atoms with Gasteiger partial charge in [-0.25, -0.2) is 4.79 Å². The second-order valence-corrected chi connectivity index (χ2v) is 4.85. The minimum absolute atomic E-state index is 0.0273. The predicted molar refractivity (Wildman–Crippen MR) is 78.4 cm³/mol. The summed E-state index contributed by atoms with van der Waals surface area (Å²) in [6, 6.07) is 10.0. The van der Waals surface area contributed by atoms with Gasteiger partial charge in [-0.3, -0.25) is 4.79 Å². The first-order valence-electron chi connectivity index (χ1n) is 6.55. The van der Waals surface area contributed by atoms with E-state index in [1.165, 1.54) is 0 Å². The lowest BCUT2D eigenvalue weighted by Gasteiger charge is -2.01. The van der Waals surface area contributed by atoms with Crippen molar-refractivity contribution < 1.29 is 18.9 Å². The third-order valence-electron chi connectivity index (χ3n) is 2.89. The second-order valence-electron chi connectivity index (χ2n) is 4.41. The van der Waals surface area contributed by atoms with Gasteiger partial charge in [0, 0.05) is 22.7 Å². The zero-order chi connectivity index (χ0) is 15.2. The van der Waals surface area contributed by atoms with Crippen LogP contribution in [-0.4, -0.2) is 18.4 Å². The van der Waals surface area contributed by atoms with Crippen molar-refractivity contribution in [1.29, 1.82) is 0 Å². The Hall–Kier alpha value is -2.20. The van der Waals surface area contributed by atoms with Gasteiger partial charge in [-0.05, 0) is 31.2 Å². The Kier molecular flexibility index (Phi) is 5.06. The van der Waals surface area contributed by atoms with Gasteiger partial charge < -0.3 is 4.74 Å². The number of benzene rings is 1. The molecule has 4 nitrogen and oxygen atoms in total. The molecule has 108 valence electrons. The fourth-order valence-electron chi connectivity index (χ4n) is 1.81. The predicted octanol–water partition coefficient (Wildman–Crippen LogP) is 2.69. The number of pyridine rings is 1. The van der Waals surface area contributed by atoms with E-state index in [9.17, 15) is 9.59 Å². The van der Waals surface area contributed by atoms with E-state index in [4.69, 9.17) is 16.3 Å². The monoisotopic (exact) mass is 304 g/mol. The summed E-state index contributed by atoms with van der Waals surface area (Å²) in [5.74, 6) is -0.394. The number of nitrogens with zero attached hydrogens (tertiary/aromatic N) is 1. The molecule has 2 rings (SSSR count). The highest BCUT2D eigenvalue weighted by molar-refractivity contribution is 6.30. The fraction of sp³-hybridized carbons (Fsp3) is 0.188. The van der Waals surface area contributed by atoms with Crippen molar-refractivity contribution in [3.05, 3.63) is 64.9 Å². The molecule has 2 aromatic rings. The summed E-state index contributed by atoms with van der Waals surface area (Å²) in [6.07, 6.45) is 3.36. The van der Waals surface area contributed by atoms with E-state index in [0.717, 1.165) is 0 Å². The summed E-state index contributed by atoms with van der Waals surface area (Å²) < 4.78 is 6.61. The van der Waals surface area contributed by atoms with E-state index in [2.05, 4.69) is 0 Å². The highest BCUT2D eigenvalue weighted by atomic mass is 35.5. The number of hydrogen-bond acceptors (Lipinski definition) is 3. The third-order valence-corrected chi connectivity index (χ3v) is 3.15. The highest BCUT2D eigenvalue weighted by Gasteiger charge is 2.13. The van der Waals surface area contributed by atoms with E-state index in [1.807, 2.05) is 0 Å². The van der Waals surface area contributed by atoms with Gasteiger partial charge in [0.25, 0.3) is 0 Å². The molecule has 1 aromatic carbocycles. The van der Waals surface area contributed by atoms with Crippen LogP contribution in [0.4, 0.5) is 0 Å². The molecule has 0 aliphatic carbocycles. The Morgan fingerprint density at radius 1 is 1.05 bits per heavy atom. The Morgan fingerprint density at radius 3 is 2.24 bits per heavy atom. The molecule has 0 radical (unpaired) electrons. The van der Waals surface area contributed by atoms with Crippen LogP contribution in [0, 0.1) is 0 Å². The number of ether oxygens (including phenoxy) is 1. The largest absolute Gasteiger partial charge is 0.462 e. The van der Waals surface area contributed by atoms with Gasteiger partial charge in [-0.1, -0.05) is 11.6 Å². The molecule has 0 unspecified atom stereocenters. The van der Waals surface area contributed by atoms with E-state index >= 15 is 0 Å². The van der Waals surface area contributed by atoms with Crippen LogP contribution in [0.2, 0.25) is 5.02 Å². The average molecular weight is 305 g/mol.